The van der Waals surface area contributed by atoms with Crippen LogP contribution >= 0.6 is 0 Å². The summed E-state index contributed by atoms with van der Waals surface area (Å²) in [6, 6.07) is -3.12. The third kappa shape index (κ3) is 10.9. The number of amides is 2. The maximum atomic E-state index is 12.5. The summed E-state index contributed by atoms with van der Waals surface area (Å²) in [7, 11) is 0. The molecular weight excluding hydrogens is 487 g/mol. The smallest absolute Gasteiger partial charge is 0.480 e. The minimum absolute atomic E-state index is 0.00308. The van der Waals surface area contributed by atoms with Gasteiger partial charge in [0.15, 0.2) is 5.76 Å². The topological polar surface area (TPSA) is 229 Å². The fourth-order valence-corrected chi connectivity index (χ4v) is 2.83. The number of hydrogen-bond acceptors (Lipinski definition) is 9. The van der Waals surface area contributed by atoms with Gasteiger partial charge in [0.2, 0.25) is 5.91 Å². The number of alkyl halides is 3. The van der Waals surface area contributed by atoms with Gasteiger partial charge in [0.05, 0.1) is 18.7 Å². The van der Waals surface area contributed by atoms with Crippen LogP contribution < -0.4 is 16.4 Å². The molecule has 0 aromatic heterocycles. The van der Waals surface area contributed by atoms with E-state index in [1.807, 2.05) is 0 Å². The first-order valence-corrected chi connectivity index (χ1v) is 10.1. The molecule has 0 bridgehead atoms. The van der Waals surface area contributed by atoms with Crippen LogP contribution in [0.5, 0.6) is 0 Å². The third-order valence-electron chi connectivity index (χ3n) is 4.44. The van der Waals surface area contributed by atoms with Crippen LogP contribution in [-0.4, -0.2) is 98.5 Å². The van der Waals surface area contributed by atoms with Gasteiger partial charge in [0.1, 0.15) is 24.4 Å². The number of aliphatic carboxylic acids is 2. The van der Waals surface area contributed by atoms with Crippen LogP contribution in [-0.2, 0) is 23.9 Å². The highest BCUT2D eigenvalue weighted by molar-refractivity contribution is 5.94. The second-order valence-electron chi connectivity index (χ2n) is 7.95. The van der Waals surface area contributed by atoms with Crippen molar-refractivity contribution in [1.82, 2.24) is 10.6 Å². The molecule has 0 spiro atoms. The first-order chi connectivity index (χ1) is 15.9. The quantitative estimate of drug-likeness (QED) is 0.168. The fraction of sp³-hybridized carbons (Fsp3) is 0.684. The van der Waals surface area contributed by atoms with E-state index >= 15 is 0 Å². The van der Waals surface area contributed by atoms with Gasteiger partial charge in [-0.05, 0) is 18.4 Å². The lowest BCUT2D eigenvalue weighted by molar-refractivity contribution is -0.192. The van der Waals surface area contributed by atoms with Crippen molar-refractivity contribution in [2.75, 3.05) is 6.61 Å². The lowest BCUT2D eigenvalue weighted by Crippen LogP contribution is -2.62. The van der Waals surface area contributed by atoms with Crippen molar-refractivity contribution in [3.8, 4) is 0 Å². The number of ether oxygens (including phenoxy) is 1. The minimum Gasteiger partial charge on any atom is -0.480 e. The summed E-state index contributed by atoms with van der Waals surface area (Å²) >= 11 is 0. The van der Waals surface area contributed by atoms with Crippen molar-refractivity contribution in [3.05, 3.63) is 11.8 Å². The van der Waals surface area contributed by atoms with Gasteiger partial charge in [0, 0.05) is 6.92 Å². The van der Waals surface area contributed by atoms with Crippen LogP contribution in [0.25, 0.3) is 0 Å². The Morgan fingerprint density at radius 2 is 1.69 bits per heavy atom. The molecule has 202 valence electrons. The molecule has 0 aromatic carbocycles. The van der Waals surface area contributed by atoms with Gasteiger partial charge in [-0.15, -0.1) is 0 Å². The van der Waals surface area contributed by atoms with Crippen molar-refractivity contribution in [3.63, 3.8) is 0 Å². The highest BCUT2D eigenvalue weighted by atomic mass is 19.4. The molecule has 2 amide bonds. The van der Waals surface area contributed by atoms with E-state index < -0.39 is 73.0 Å². The number of rotatable bonds is 9. The van der Waals surface area contributed by atoms with Crippen LogP contribution in [0, 0.1) is 5.92 Å². The summed E-state index contributed by atoms with van der Waals surface area (Å²) in [6.45, 7) is 4.03. The lowest BCUT2D eigenvalue weighted by Gasteiger charge is -2.39. The Morgan fingerprint density at radius 3 is 2.06 bits per heavy atom. The molecule has 0 saturated heterocycles. The summed E-state index contributed by atoms with van der Waals surface area (Å²) in [5.74, 6) is -5.66. The Hall–Kier alpha value is -2.95. The van der Waals surface area contributed by atoms with E-state index in [4.69, 9.17) is 25.5 Å². The monoisotopic (exact) mass is 517 g/mol. The summed E-state index contributed by atoms with van der Waals surface area (Å²) in [5, 5.41) is 50.2. The van der Waals surface area contributed by atoms with E-state index in [1.165, 1.54) is 13.0 Å². The molecular formula is C19H30F3N3O10. The molecule has 0 aromatic rings. The number of carbonyl (C=O) groups is 4. The zero-order valence-electron chi connectivity index (χ0n) is 19.0. The Kier molecular flexibility index (Phi) is 12.7. The number of nitrogens with one attached hydrogen (secondary N) is 2. The molecule has 6 atom stereocenters. The van der Waals surface area contributed by atoms with Crippen molar-refractivity contribution in [1.29, 1.82) is 0 Å². The second kappa shape index (κ2) is 13.8. The summed E-state index contributed by atoms with van der Waals surface area (Å²) in [4.78, 5) is 44.1. The minimum atomic E-state index is -5.08. The molecule has 0 fully saturated rings. The first-order valence-electron chi connectivity index (χ1n) is 10.1. The molecule has 1 heterocycles. The van der Waals surface area contributed by atoms with Crippen molar-refractivity contribution < 1.29 is 62.6 Å². The van der Waals surface area contributed by atoms with E-state index in [0.29, 0.717) is 0 Å². The zero-order chi connectivity index (χ0) is 27.7. The Balaban J connectivity index is 0.00000143. The van der Waals surface area contributed by atoms with E-state index in [9.17, 15) is 42.9 Å². The van der Waals surface area contributed by atoms with Gasteiger partial charge in [-0.25, -0.2) is 9.59 Å². The Morgan fingerprint density at radius 1 is 1.17 bits per heavy atom. The number of aliphatic hydroxyl groups excluding tert-OH is 3. The largest absolute Gasteiger partial charge is 0.490 e. The predicted molar refractivity (Wildman–Crippen MR) is 110 cm³/mol. The molecule has 1 aliphatic rings. The SMILES string of the molecule is CC(=O)N[C@H]1[C@H]([C@H](O)[C@H](O)CO)OC(C(=O)N[C@@H](CC(C)C)C(=O)O)=C[C@@H]1N.O=C(O)C(F)(F)F. The van der Waals surface area contributed by atoms with Gasteiger partial charge in [0.25, 0.3) is 5.91 Å². The summed E-state index contributed by atoms with van der Waals surface area (Å²) in [5.41, 5.74) is 5.97. The van der Waals surface area contributed by atoms with Gasteiger partial charge in [-0.1, -0.05) is 13.8 Å². The number of carboxylic acids is 2. The molecule has 0 radical (unpaired) electrons. The predicted octanol–water partition coefficient (Wildman–Crippen LogP) is -1.94. The molecule has 16 heteroatoms. The highest BCUT2D eigenvalue weighted by Crippen LogP contribution is 2.22. The normalized spacial score (nSPS) is 22.4. The maximum Gasteiger partial charge on any atom is 0.490 e. The third-order valence-corrected chi connectivity index (χ3v) is 4.44. The van der Waals surface area contributed by atoms with Gasteiger partial charge in [-0.2, -0.15) is 13.2 Å². The zero-order valence-corrected chi connectivity index (χ0v) is 19.0. The van der Waals surface area contributed by atoms with Crippen LogP contribution in [0.15, 0.2) is 11.8 Å². The van der Waals surface area contributed by atoms with Crippen LogP contribution in [0.3, 0.4) is 0 Å². The van der Waals surface area contributed by atoms with E-state index in [-0.39, 0.29) is 18.1 Å². The average Bonchev–Trinajstić information content (AvgIpc) is 2.72. The van der Waals surface area contributed by atoms with Crippen LogP contribution in [0.4, 0.5) is 13.2 Å². The van der Waals surface area contributed by atoms with E-state index in [2.05, 4.69) is 10.6 Å². The maximum absolute atomic E-state index is 12.5. The number of carboxylic acid groups (broad SMARTS) is 2. The fourth-order valence-electron chi connectivity index (χ4n) is 2.83. The Labute approximate surface area is 197 Å². The number of carbonyl (C=O) groups excluding carboxylic acids is 2. The first kappa shape index (κ1) is 32.0. The molecule has 13 nitrogen and oxygen atoms in total. The molecule has 0 aliphatic carbocycles. The van der Waals surface area contributed by atoms with Gasteiger partial charge < -0.3 is 46.6 Å². The lowest BCUT2D eigenvalue weighted by atomic mass is 9.92. The van der Waals surface area contributed by atoms with Crippen LogP contribution in [0.1, 0.15) is 27.2 Å². The molecule has 9 N–H and O–H groups in total. The van der Waals surface area contributed by atoms with E-state index in [0.717, 1.165) is 0 Å². The summed E-state index contributed by atoms with van der Waals surface area (Å²) in [6.07, 6.45) is -8.33. The van der Waals surface area contributed by atoms with Crippen LogP contribution in [0.2, 0.25) is 0 Å². The second-order valence-corrected chi connectivity index (χ2v) is 7.95. The van der Waals surface area contributed by atoms with E-state index in [1.54, 1.807) is 13.8 Å². The number of hydrogen-bond donors (Lipinski definition) is 8. The highest BCUT2D eigenvalue weighted by Gasteiger charge is 2.42. The Bertz CT molecular complexity index is 791. The molecule has 0 unspecified atom stereocenters. The number of nitrogens with two attached hydrogens (primary N) is 1. The van der Waals surface area contributed by atoms with Crippen molar-refractivity contribution in [2.24, 2.45) is 11.7 Å². The van der Waals surface area contributed by atoms with Gasteiger partial charge >= 0.3 is 18.1 Å². The number of aliphatic hydroxyl groups is 3. The molecule has 1 rings (SSSR count). The van der Waals surface area contributed by atoms with Crippen molar-refractivity contribution in [2.45, 2.75) is 69.8 Å². The summed E-state index contributed by atoms with van der Waals surface area (Å²) < 4.78 is 37.2. The standard InChI is InChI=1S/C17H29N3O8.C2HF3O2/c1-7(2)4-10(17(26)27)20-16(25)12-5-9(18)13(19-8(3)22)15(28-12)14(24)11(23)6-21;3-2(4,5)1(6)7/h5,7,9-11,13-15,21,23-24H,4,6,18H2,1-3H3,(H,19,22)(H,20,25)(H,26,27);(H,6,7)/t9-,10-,11+,13+,14+,15+;/m0./s1. The average molecular weight is 517 g/mol. The number of halogens is 3. The van der Waals surface area contributed by atoms with Crippen molar-refractivity contribution >= 4 is 23.8 Å². The molecule has 35 heavy (non-hydrogen) atoms. The molecule has 0 saturated carbocycles. The van der Waals surface area contributed by atoms with Gasteiger partial charge in [-0.3, -0.25) is 9.59 Å². The molecule has 1 aliphatic heterocycles.